The van der Waals surface area contributed by atoms with Gasteiger partial charge in [-0.1, -0.05) is 24.3 Å². The Labute approximate surface area is 199 Å². The summed E-state index contributed by atoms with van der Waals surface area (Å²) in [6.45, 7) is 0. The van der Waals surface area contributed by atoms with Gasteiger partial charge in [-0.15, -0.1) is 0 Å². The van der Waals surface area contributed by atoms with Crippen molar-refractivity contribution in [2.24, 2.45) is 0 Å². The molecule has 0 N–H and O–H groups in total. The molecule has 0 bridgehead atoms. The maximum atomic E-state index is 10.2. The molecule has 2 aromatic rings. The van der Waals surface area contributed by atoms with E-state index < -0.39 is 0 Å². The van der Waals surface area contributed by atoms with Gasteiger partial charge < -0.3 is 9.80 Å². The molecule has 164 valence electrons. The molecule has 2 aromatic carbocycles. The van der Waals surface area contributed by atoms with Crippen LogP contribution in [0.25, 0.3) is 11.1 Å². The lowest BCUT2D eigenvalue weighted by atomic mass is 9.87. The lowest BCUT2D eigenvalue weighted by Gasteiger charge is -2.16. The second-order valence-electron chi connectivity index (χ2n) is 7.54. The molecule has 0 radical (unpaired) electrons. The van der Waals surface area contributed by atoms with Crippen molar-refractivity contribution < 1.29 is 0 Å². The van der Waals surface area contributed by atoms with E-state index >= 15 is 0 Å². The van der Waals surface area contributed by atoms with Crippen LogP contribution in [-0.2, 0) is 0 Å². The minimum atomic E-state index is -0.250. The molecule has 0 spiro atoms. The Hall–Kier alpha value is -5.29. The average molecular weight is 444 g/mol. The first kappa shape index (κ1) is 25.0. The van der Waals surface area contributed by atoms with E-state index in [-0.39, 0.29) is 27.9 Å². The third-order valence-electron chi connectivity index (χ3n) is 5.00. The average Bonchev–Trinajstić information content (AvgIpc) is 2.86. The fourth-order valence-electron chi connectivity index (χ4n) is 3.20. The molecule has 0 saturated carbocycles. The van der Waals surface area contributed by atoms with Gasteiger partial charge in [-0.05, 0) is 41.5 Å². The van der Waals surface area contributed by atoms with Crippen molar-refractivity contribution in [1.29, 1.82) is 26.3 Å². The van der Waals surface area contributed by atoms with E-state index in [1.165, 1.54) is 6.08 Å². The molecule has 0 amide bonds. The monoisotopic (exact) mass is 443 g/mol. The van der Waals surface area contributed by atoms with Crippen LogP contribution >= 0.6 is 0 Å². The molecule has 0 aliphatic heterocycles. The number of allylic oxidation sites excluding steroid dienone is 6. The lowest BCUT2D eigenvalue weighted by molar-refractivity contribution is 1.13. The molecule has 7 heteroatoms. The molecular weight excluding hydrogens is 422 g/mol. The lowest BCUT2D eigenvalue weighted by Crippen LogP contribution is -2.08. The number of nitrogens with zero attached hydrogens (tertiary/aromatic N) is 7. The van der Waals surface area contributed by atoms with Crippen LogP contribution in [0.3, 0.4) is 0 Å². The van der Waals surface area contributed by atoms with E-state index in [4.69, 9.17) is 0 Å². The molecule has 0 aliphatic carbocycles. The summed E-state index contributed by atoms with van der Waals surface area (Å²) in [7, 11) is 7.54. The smallest absolute Gasteiger partial charge is 0.138 e. The predicted octanol–water partition coefficient (Wildman–Crippen LogP) is 4.57. The van der Waals surface area contributed by atoms with Gasteiger partial charge in [-0.3, -0.25) is 0 Å². The quantitative estimate of drug-likeness (QED) is 0.473. The van der Waals surface area contributed by atoms with Crippen molar-refractivity contribution in [3.63, 3.8) is 0 Å². The summed E-state index contributed by atoms with van der Waals surface area (Å²) in [6, 6.07) is 23.8. The molecule has 0 fully saturated rings. The summed E-state index contributed by atoms with van der Waals surface area (Å²) >= 11 is 0. The second-order valence-corrected chi connectivity index (χ2v) is 7.54. The van der Waals surface area contributed by atoms with Crippen molar-refractivity contribution in [3.8, 4) is 30.3 Å². The Morgan fingerprint density at radius 1 is 0.618 bits per heavy atom. The number of nitriles is 5. The largest absolute Gasteiger partial charge is 0.378 e. The minimum Gasteiger partial charge on any atom is -0.378 e. The van der Waals surface area contributed by atoms with E-state index in [0.717, 1.165) is 11.4 Å². The van der Waals surface area contributed by atoms with Gasteiger partial charge in [0, 0.05) is 50.7 Å². The van der Waals surface area contributed by atoms with Crippen LogP contribution in [0, 0.1) is 56.7 Å². The van der Waals surface area contributed by atoms with E-state index in [2.05, 4.69) is 6.07 Å². The maximum Gasteiger partial charge on any atom is 0.138 e. The van der Waals surface area contributed by atoms with Gasteiger partial charge in [0.15, 0.2) is 0 Å². The first-order valence-corrected chi connectivity index (χ1v) is 10.1. The van der Waals surface area contributed by atoms with Crippen molar-refractivity contribution in [3.05, 3.63) is 82.5 Å². The molecule has 7 nitrogen and oxygen atoms in total. The predicted molar refractivity (Wildman–Crippen MR) is 132 cm³/mol. The van der Waals surface area contributed by atoms with Crippen LogP contribution in [0.1, 0.15) is 11.1 Å². The zero-order valence-electron chi connectivity index (χ0n) is 19.3. The zero-order chi connectivity index (χ0) is 25.3. The van der Waals surface area contributed by atoms with Gasteiger partial charge in [-0.2, -0.15) is 26.3 Å². The van der Waals surface area contributed by atoms with Crippen molar-refractivity contribution in [2.45, 2.75) is 0 Å². The number of hydrogen-bond donors (Lipinski definition) is 0. The van der Waals surface area contributed by atoms with Gasteiger partial charge in [0.25, 0.3) is 0 Å². The van der Waals surface area contributed by atoms with Crippen molar-refractivity contribution >= 4 is 22.5 Å². The van der Waals surface area contributed by atoms with Gasteiger partial charge in [-0.25, -0.2) is 0 Å². The Kier molecular flexibility index (Phi) is 8.35. The number of hydrogen-bond acceptors (Lipinski definition) is 7. The third kappa shape index (κ3) is 5.49. The molecule has 0 saturated heterocycles. The minimum absolute atomic E-state index is 0.0105. The molecule has 2 rings (SSSR count). The van der Waals surface area contributed by atoms with Crippen molar-refractivity contribution in [2.75, 3.05) is 38.0 Å². The summed E-state index contributed by atoms with van der Waals surface area (Å²) in [5.41, 5.74) is 2.81. The number of rotatable bonds is 6. The topological polar surface area (TPSA) is 125 Å². The molecule has 0 unspecified atom stereocenters. The maximum absolute atomic E-state index is 10.2. The third-order valence-corrected chi connectivity index (χ3v) is 5.00. The molecule has 0 aromatic heterocycles. The first-order valence-electron chi connectivity index (χ1n) is 10.1. The Morgan fingerprint density at radius 3 is 1.41 bits per heavy atom. The first-order chi connectivity index (χ1) is 16.3. The fourth-order valence-corrected chi connectivity index (χ4v) is 3.20. The summed E-state index contributed by atoms with van der Waals surface area (Å²) in [6.07, 6.45) is 1.31. The van der Waals surface area contributed by atoms with Crippen LogP contribution in [0.2, 0.25) is 0 Å². The number of benzene rings is 2. The molecule has 0 heterocycles. The summed E-state index contributed by atoms with van der Waals surface area (Å²) in [5, 5.41) is 48.3. The highest BCUT2D eigenvalue weighted by Crippen LogP contribution is 2.35. The highest BCUT2D eigenvalue weighted by atomic mass is 15.1. The Morgan fingerprint density at radius 2 is 1.06 bits per heavy atom. The van der Waals surface area contributed by atoms with Gasteiger partial charge in [0.05, 0.1) is 5.57 Å². The number of anilines is 2. The SMILES string of the molecule is CN(C)c1ccc(C(=C(C#N)C#N)/C(C#N)=C(\C=C(C#N)C#N)c2ccc(N(C)C)cc2)cc1. The van der Waals surface area contributed by atoms with E-state index in [1.54, 1.807) is 24.3 Å². The summed E-state index contributed by atoms with van der Waals surface area (Å²) in [4.78, 5) is 3.81. The molecule has 0 aliphatic rings. The molecule has 0 atom stereocenters. The Balaban J connectivity index is 2.98. The normalized spacial score (nSPS) is 10.1. The molecule has 34 heavy (non-hydrogen) atoms. The standard InChI is InChI=1S/C27H21N7/c1-33(2)23-9-5-20(6-10-23)25(13-19(14-28)15-29)26(18-32)27(22(16-30)17-31)21-7-11-24(12-8-21)34(3)4/h5-13H,1-4H3/b26-25+. The highest BCUT2D eigenvalue weighted by molar-refractivity contribution is 5.99. The highest BCUT2D eigenvalue weighted by Gasteiger charge is 2.20. The second kappa shape index (κ2) is 11.4. The van der Waals surface area contributed by atoms with E-state index in [9.17, 15) is 26.3 Å². The van der Waals surface area contributed by atoms with E-state index in [0.29, 0.717) is 11.1 Å². The molecular formula is C27H21N7. The van der Waals surface area contributed by atoms with Crippen LogP contribution in [0.15, 0.2) is 71.3 Å². The zero-order valence-corrected chi connectivity index (χ0v) is 19.3. The van der Waals surface area contributed by atoms with Crippen LogP contribution in [0.5, 0.6) is 0 Å². The van der Waals surface area contributed by atoms with Crippen LogP contribution < -0.4 is 9.80 Å². The summed E-state index contributed by atoms with van der Waals surface area (Å²) in [5.74, 6) is 0. The van der Waals surface area contributed by atoms with Crippen LogP contribution in [-0.4, -0.2) is 28.2 Å². The summed E-state index contributed by atoms with van der Waals surface area (Å²) < 4.78 is 0. The van der Waals surface area contributed by atoms with Gasteiger partial charge >= 0.3 is 0 Å². The van der Waals surface area contributed by atoms with Gasteiger partial charge in [0.1, 0.15) is 41.5 Å². The van der Waals surface area contributed by atoms with Gasteiger partial charge in [0.2, 0.25) is 0 Å². The van der Waals surface area contributed by atoms with E-state index in [1.807, 2.05) is 86.5 Å². The van der Waals surface area contributed by atoms with Crippen LogP contribution in [0.4, 0.5) is 11.4 Å². The van der Waals surface area contributed by atoms with Crippen molar-refractivity contribution in [1.82, 2.24) is 0 Å². The fraction of sp³-hybridized carbons (Fsp3) is 0.148. The Bertz CT molecular complexity index is 1340.